The molecule has 0 N–H and O–H groups in total. The van der Waals surface area contributed by atoms with E-state index in [-0.39, 0.29) is 33.3 Å². The van der Waals surface area contributed by atoms with Gasteiger partial charge in [-0.3, -0.25) is 9.10 Å². The second-order valence-electron chi connectivity index (χ2n) is 8.08. The normalized spacial score (nSPS) is 14.0. The number of rotatable bonds is 6. The van der Waals surface area contributed by atoms with Gasteiger partial charge >= 0.3 is 0 Å². The molecule has 4 rings (SSSR count). The Hall–Kier alpha value is -2.75. The van der Waals surface area contributed by atoms with Crippen molar-refractivity contribution in [2.24, 2.45) is 0 Å². The van der Waals surface area contributed by atoms with E-state index in [1.807, 2.05) is 0 Å². The Morgan fingerprint density at radius 2 is 1.68 bits per heavy atom. The van der Waals surface area contributed by atoms with Gasteiger partial charge in [-0.25, -0.2) is 21.2 Å². The molecule has 0 spiro atoms. The topological polar surface area (TPSA) is 88.6 Å². The number of fused-ring (bicyclic) bond motifs is 1. The molecule has 0 saturated heterocycles. The molecule has 6 nitrogen and oxygen atoms in total. The van der Waals surface area contributed by atoms with E-state index in [0.717, 1.165) is 17.9 Å². The van der Waals surface area contributed by atoms with Gasteiger partial charge in [0.25, 0.3) is 10.0 Å². The van der Waals surface area contributed by atoms with Crippen molar-refractivity contribution in [2.45, 2.75) is 29.1 Å². The Bertz CT molecular complexity index is 1470. The van der Waals surface area contributed by atoms with Crippen LogP contribution in [0, 0.1) is 5.82 Å². The van der Waals surface area contributed by atoms with Crippen molar-refractivity contribution in [1.29, 1.82) is 0 Å². The lowest BCUT2D eigenvalue weighted by Crippen LogP contribution is -2.35. The predicted molar refractivity (Wildman–Crippen MR) is 128 cm³/mol. The highest BCUT2D eigenvalue weighted by molar-refractivity contribution is 7.93. The predicted octanol–water partition coefficient (Wildman–Crippen LogP) is 4.45. The number of halogens is 2. The molecule has 0 atom stereocenters. The van der Waals surface area contributed by atoms with Crippen LogP contribution in [-0.4, -0.2) is 35.4 Å². The molecule has 0 radical (unpaired) electrons. The summed E-state index contributed by atoms with van der Waals surface area (Å²) < 4.78 is 65.6. The van der Waals surface area contributed by atoms with Gasteiger partial charge in [-0.1, -0.05) is 29.8 Å². The van der Waals surface area contributed by atoms with E-state index in [0.29, 0.717) is 24.1 Å². The molecule has 0 aliphatic carbocycles. The van der Waals surface area contributed by atoms with Crippen LogP contribution in [0.25, 0.3) is 0 Å². The molecule has 1 aliphatic heterocycles. The van der Waals surface area contributed by atoms with E-state index in [4.69, 9.17) is 11.6 Å². The highest BCUT2D eigenvalue weighted by Crippen LogP contribution is 2.34. The summed E-state index contributed by atoms with van der Waals surface area (Å²) >= 11 is 6.01. The number of ketones is 1. The zero-order valence-corrected chi connectivity index (χ0v) is 20.6. The number of aryl methyl sites for hydroxylation is 1. The van der Waals surface area contributed by atoms with Crippen molar-refractivity contribution in [1.82, 2.24) is 0 Å². The molecule has 1 aliphatic rings. The lowest BCUT2D eigenvalue weighted by Gasteiger charge is -2.31. The van der Waals surface area contributed by atoms with Gasteiger partial charge in [0.05, 0.1) is 26.1 Å². The number of sulfonamides is 1. The van der Waals surface area contributed by atoms with Gasteiger partial charge in [-0.2, -0.15) is 0 Å². The number of sulfone groups is 1. The molecule has 0 unspecified atom stereocenters. The number of nitrogens with zero attached hydrogens (tertiary/aromatic N) is 1. The largest absolute Gasteiger partial charge is 0.294 e. The molecule has 34 heavy (non-hydrogen) atoms. The van der Waals surface area contributed by atoms with Crippen LogP contribution in [0.2, 0.25) is 5.02 Å². The molecule has 3 aromatic rings. The molecule has 3 aromatic carbocycles. The van der Waals surface area contributed by atoms with E-state index in [1.165, 1.54) is 40.7 Å². The van der Waals surface area contributed by atoms with E-state index in [2.05, 4.69) is 0 Å². The lowest BCUT2D eigenvalue weighted by molar-refractivity contribution is 0.0989. The maximum atomic E-state index is 14.2. The first-order valence-corrected chi connectivity index (χ1v) is 14.1. The minimum absolute atomic E-state index is 0.0182. The van der Waals surface area contributed by atoms with E-state index >= 15 is 0 Å². The quantitative estimate of drug-likeness (QED) is 0.447. The van der Waals surface area contributed by atoms with Crippen molar-refractivity contribution in [3.05, 3.63) is 88.2 Å². The number of anilines is 1. The number of benzene rings is 3. The van der Waals surface area contributed by atoms with Crippen LogP contribution >= 0.6 is 11.6 Å². The van der Waals surface area contributed by atoms with Crippen molar-refractivity contribution in [2.75, 3.05) is 17.1 Å². The van der Waals surface area contributed by atoms with Crippen LogP contribution in [0.15, 0.2) is 70.5 Å². The van der Waals surface area contributed by atoms with Gasteiger partial charge in [0.1, 0.15) is 5.82 Å². The van der Waals surface area contributed by atoms with Crippen molar-refractivity contribution >= 4 is 42.9 Å². The van der Waals surface area contributed by atoms with Crippen LogP contribution in [-0.2, 0) is 32.7 Å². The summed E-state index contributed by atoms with van der Waals surface area (Å²) in [5.41, 5.74) is 1.58. The minimum Gasteiger partial charge on any atom is -0.294 e. The number of carbonyl (C=O) groups is 1. The molecular formula is C24H21ClFNO5S2. The number of hydrogen-bond donors (Lipinski definition) is 0. The zero-order valence-electron chi connectivity index (χ0n) is 18.2. The summed E-state index contributed by atoms with van der Waals surface area (Å²) in [4.78, 5) is 12.7. The molecule has 10 heteroatoms. The number of carbonyl (C=O) groups excluding carboxylic acids is 1. The Morgan fingerprint density at radius 3 is 2.32 bits per heavy atom. The van der Waals surface area contributed by atoms with Crippen molar-refractivity contribution < 1.29 is 26.0 Å². The van der Waals surface area contributed by atoms with Gasteiger partial charge in [0, 0.05) is 19.2 Å². The van der Waals surface area contributed by atoms with Crippen LogP contribution in [0.5, 0.6) is 0 Å². The molecule has 0 saturated carbocycles. The molecule has 178 valence electrons. The third-order valence-corrected chi connectivity index (χ3v) is 8.94. The monoisotopic (exact) mass is 521 g/mol. The van der Waals surface area contributed by atoms with Gasteiger partial charge < -0.3 is 0 Å². The fourth-order valence-corrected chi connectivity index (χ4v) is 6.40. The Labute approximate surface area is 203 Å². The second-order valence-corrected chi connectivity index (χ2v) is 12.4. The number of hydrogen-bond acceptors (Lipinski definition) is 5. The lowest BCUT2D eigenvalue weighted by atomic mass is 9.97. The average molecular weight is 522 g/mol. The Balaban J connectivity index is 1.67. The molecule has 0 aromatic heterocycles. The standard InChI is InChI=1S/C24H21ClFNO5S2/c1-33(29,30)18-9-11-19(12-10-18)34(31,32)27-13-3-4-17-8-7-16(14-22(17)27)15-23(28)24-20(25)5-2-6-21(24)26/h2,5-12,14H,3-4,13,15H2,1H3. The average Bonchev–Trinajstić information content (AvgIpc) is 2.78. The summed E-state index contributed by atoms with van der Waals surface area (Å²) in [6.45, 7) is 0.236. The van der Waals surface area contributed by atoms with Crippen LogP contribution in [0.4, 0.5) is 10.1 Å². The summed E-state index contributed by atoms with van der Waals surface area (Å²) in [6, 6.07) is 14.2. The second kappa shape index (κ2) is 9.13. The molecule has 0 fully saturated rings. The van der Waals surface area contributed by atoms with Crippen LogP contribution in [0.1, 0.15) is 27.9 Å². The molecule has 0 bridgehead atoms. The summed E-state index contributed by atoms with van der Waals surface area (Å²) in [6.07, 6.45) is 2.18. The highest BCUT2D eigenvalue weighted by Gasteiger charge is 2.30. The molecule has 1 heterocycles. The summed E-state index contributed by atoms with van der Waals surface area (Å²) in [7, 11) is -7.44. The maximum Gasteiger partial charge on any atom is 0.264 e. The highest BCUT2D eigenvalue weighted by atomic mass is 35.5. The third-order valence-electron chi connectivity index (χ3n) is 5.67. The SMILES string of the molecule is CS(=O)(=O)c1ccc(S(=O)(=O)N2CCCc3ccc(CC(=O)c4c(F)cccc4Cl)cc32)cc1. The zero-order chi connectivity index (χ0) is 24.7. The number of Topliss-reactive ketones (excluding diaryl/α,β-unsaturated/α-hetero) is 1. The van der Waals surface area contributed by atoms with Crippen molar-refractivity contribution in [3.63, 3.8) is 0 Å². The Morgan fingerprint density at radius 1 is 1.00 bits per heavy atom. The van der Waals surface area contributed by atoms with E-state index < -0.39 is 31.5 Å². The summed E-state index contributed by atoms with van der Waals surface area (Å²) in [5, 5.41) is 0.0182. The fourth-order valence-electron chi connectivity index (χ4n) is 3.97. The minimum atomic E-state index is -3.98. The Kier molecular flexibility index (Phi) is 6.54. The fraction of sp³-hybridized carbons (Fsp3) is 0.208. The van der Waals surface area contributed by atoms with Gasteiger partial charge in [-0.05, 0) is 66.4 Å². The first kappa shape index (κ1) is 24.4. The van der Waals surface area contributed by atoms with Gasteiger partial charge in [-0.15, -0.1) is 0 Å². The van der Waals surface area contributed by atoms with Gasteiger partial charge in [0.2, 0.25) is 0 Å². The first-order valence-electron chi connectivity index (χ1n) is 10.4. The van der Waals surface area contributed by atoms with Crippen LogP contribution < -0.4 is 4.31 Å². The first-order chi connectivity index (χ1) is 16.0. The smallest absolute Gasteiger partial charge is 0.264 e. The van der Waals surface area contributed by atoms with E-state index in [9.17, 15) is 26.0 Å². The molecule has 0 amide bonds. The van der Waals surface area contributed by atoms with Gasteiger partial charge in [0.15, 0.2) is 15.6 Å². The maximum absolute atomic E-state index is 14.2. The molecular weight excluding hydrogens is 501 g/mol. The van der Waals surface area contributed by atoms with Crippen molar-refractivity contribution in [3.8, 4) is 0 Å². The van der Waals surface area contributed by atoms with E-state index in [1.54, 1.807) is 18.2 Å². The third kappa shape index (κ3) is 4.73. The van der Waals surface area contributed by atoms with Crippen LogP contribution in [0.3, 0.4) is 0 Å². The summed E-state index contributed by atoms with van der Waals surface area (Å²) in [5.74, 6) is -1.22.